The van der Waals surface area contributed by atoms with Crippen molar-refractivity contribution in [3.63, 3.8) is 0 Å². The standard InChI is InChI=1S/C21H18N4O/c1-14(26)17-7-3-9-22-20(17)24-12-15-5-2-6-16(11-15)19-13-25-21-18(19)8-4-10-23-21/h2-11,13H,12H2,1H3,(H,22,24)(H,23,25). The second-order valence-electron chi connectivity index (χ2n) is 6.11. The molecule has 0 fully saturated rings. The Kier molecular flexibility index (Phi) is 4.19. The molecule has 0 spiro atoms. The second-order valence-corrected chi connectivity index (χ2v) is 6.11. The summed E-state index contributed by atoms with van der Waals surface area (Å²) in [6.45, 7) is 2.14. The van der Waals surface area contributed by atoms with Crippen molar-refractivity contribution in [1.29, 1.82) is 0 Å². The fourth-order valence-corrected chi connectivity index (χ4v) is 3.06. The van der Waals surface area contributed by atoms with Crippen LogP contribution in [-0.4, -0.2) is 20.7 Å². The Labute approximate surface area is 151 Å². The van der Waals surface area contributed by atoms with E-state index in [2.05, 4.69) is 44.5 Å². The Balaban J connectivity index is 1.60. The number of rotatable bonds is 5. The number of aromatic nitrogens is 3. The molecule has 3 heterocycles. The summed E-state index contributed by atoms with van der Waals surface area (Å²) < 4.78 is 0. The first kappa shape index (κ1) is 16.0. The predicted octanol–water partition coefficient (Wildman–Crippen LogP) is 4.44. The molecule has 0 aliphatic rings. The summed E-state index contributed by atoms with van der Waals surface area (Å²) in [5.41, 5.74) is 4.84. The number of anilines is 1. The largest absolute Gasteiger partial charge is 0.365 e. The van der Waals surface area contributed by atoms with E-state index in [4.69, 9.17) is 0 Å². The third-order valence-electron chi connectivity index (χ3n) is 4.34. The van der Waals surface area contributed by atoms with Crippen molar-refractivity contribution in [2.24, 2.45) is 0 Å². The van der Waals surface area contributed by atoms with Crippen LogP contribution in [0.2, 0.25) is 0 Å². The van der Waals surface area contributed by atoms with Gasteiger partial charge in [-0.3, -0.25) is 4.79 Å². The van der Waals surface area contributed by atoms with Crippen molar-refractivity contribution in [2.75, 3.05) is 5.32 Å². The number of ketones is 1. The summed E-state index contributed by atoms with van der Waals surface area (Å²) in [4.78, 5) is 23.6. The van der Waals surface area contributed by atoms with Crippen LogP contribution in [0, 0.1) is 0 Å². The lowest BCUT2D eigenvalue weighted by molar-refractivity contribution is 0.101. The molecule has 0 aliphatic heterocycles. The number of carbonyl (C=O) groups excluding carboxylic acids is 1. The molecule has 2 N–H and O–H groups in total. The number of fused-ring (bicyclic) bond motifs is 1. The molecule has 0 amide bonds. The lowest BCUT2D eigenvalue weighted by Crippen LogP contribution is -2.06. The average Bonchev–Trinajstić information content (AvgIpc) is 3.11. The highest BCUT2D eigenvalue weighted by Gasteiger charge is 2.09. The second kappa shape index (κ2) is 6.80. The van der Waals surface area contributed by atoms with E-state index >= 15 is 0 Å². The molecule has 5 nitrogen and oxygen atoms in total. The zero-order chi connectivity index (χ0) is 17.9. The summed E-state index contributed by atoms with van der Waals surface area (Å²) >= 11 is 0. The highest BCUT2D eigenvalue weighted by atomic mass is 16.1. The monoisotopic (exact) mass is 342 g/mol. The molecule has 0 saturated carbocycles. The van der Waals surface area contributed by atoms with Crippen molar-refractivity contribution < 1.29 is 4.79 Å². The van der Waals surface area contributed by atoms with Crippen LogP contribution in [0.3, 0.4) is 0 Å². The smallest absolute Gasteiger partial charge is 0.163 e. The van der Waals surface area contributed by atoms with Gasteiger partial charge in [0.2, 0.25) is 0 Å². The summed E-state index contributed by atoms with van der Waals surface area (Å²) in [6.07, 6.45) is 5.45. The number of aromatic amines is 1. The molecule has 128 valence electrons. The Hall–Kier alpha value is -3.47. The van der Waals surface area contributed by atoms with Gasteiger partial charge >= 0.3 is 0 Å². The van der Waals surface area contributed by atoms with E-state index in [0.29, 0.717) is 17.9 Å². The number of hydrogen-bond acceptors (Lipinski definition) is 4. The molecule has 26 heavy (non-hydrogen) atoms. The van der Waals surface area contributed by atoms with Crippen molar-refractivity contribution in [3.8, 4) is 11.1 Å². The molecule has 4 aromatic rings. The maximum absolute atomic E-state index is 11.7. The van der Waals surface area contributed by atoms with Gasteiger partial charge in [0.15, 0.2) is 5.78 Å². The van der Waals surface area contributed by atoms with E-state index in [9.17, 15) is 4.79 Å². The molecule has 0 saturated heterocycles. The molecule has 0 atom stereocenters. The maximum Gasteiger partial charge on any atom is 0.163 e. The van der Waals surface area contributed by atoms with Gasteiger partial charge in [-0.1, -0.05) is 18.2 Å². The first-order valence-corrected chi connectivity index (χ1v) is 8.43. The number of nitrogens with zero attached hydrogens (tertiary/aromatic N) is 2. The topological polar surface area (TPSA) is 70.7 Å². The number of hydrogen-bond donors (Lipinski definition) is 2. The van der Waals surface area contributed by atoms with Crippen LogP contribution in [0.1, 0.15) is 22.8 Å². The van der Waals surface area contributed by atoms with Gasteiger partial charge < -0.3 is 10.3 Å². The minimum Gasteiger partial charge on any atom is -0.365 e. The highest BCUT2D eigenvalue weighted by molar-refractivity contribution is 5.98. The Morgan fingerprint density at radius 2 is 1.92 bits per heavy atom. The van der Waals surface area contributed by atoms with Crippen molar-refractivity contribution in [3.05, 3.63) is 78.2 Å². The zero-order valence-corrected chi connectivity index (χ0v) is 14.4. The van der Waals surface area contributed by atoms with Gasteiger partial charge in [-0.05, 0) is 48.4 Å². The molecule has 4 rings (SSSR count). The van der Waals surface area contributed by atoms with Crippen LogP contribution in [0.5, 0.6) is 0 Å². The zero-order valence-electron chi connectivity index (χ0n) is 14.4. The quantitative estimate of drug-likeness (QED) is 0.526. The molecule has 5 heteroatoms. The van der Waals surface area contributed by atoms with Crippen LogP contribution in [0.4, 0.5) is 5.82 Å². The van der Waals surface area contributed by atoms with Crippen molar-refractivity contribution in [2.45, 2.75) is 13.5 Å². The van der Waals surface area contributed by atoms with E-state index < -0.39 is 0 Å². The van der Waals surface area contributed by atoms with Crippen LogP contribution in [0.25, 0.3) is 22.2 Å². The Morgan fingerprint density at radius 3 is 2.81 bits per heavy atom. The van der Waals surface area contributed by atoms with Gasteiger partial charge in [-0.2, -0.15) is 0 Å². The van der Waals surface area contributed by atoms with Crippen molar-refractivity contribution in [1.82, 2.24) is 15.0 Å². The molecule has 0 bridgehead atoms. The van der Waals surface area contributed by atoms with Gasteiger partial charge in [-0.15, -0.1) is 0 Å². The van der Waals surface area contributed by atoms with Gasteiger partial charge in [0.1, 0.15) is 11.5 Å². The van der Waals surface area contributed by atoms with Gasteiger partial charge in [0, 0.05) is 36.1 Å². The minimum absolute atomic E-state index is 0.000596. The molecule has 0 aliphatic carbocycles. The molecular weight excluding hydrogens is 324 g/mol. The van der Waals surface area contributed by atoms with Crippen molar-refractivity contribution >= 4 is 22.6 Å². The Bertz CT molecular complexity index is 1080. The molecule has 3 aromatic heterocycles. The maximum atomic E-state index is 11.7. The predicted molar refractivity (Wildman–Crippen MR) is 103 cm³/mol. The number of carbonyl (C=O) groups is 1. The van der Waals surface area contributed by atoms with Gasteiger partial charge in [-0.25, -0.2) is 9.97 Å². The van der Waals surface area contributed by atoms with Gasteiger partial charge in [0.05, 0.1) is 5.56 Å². The van der Waals surface area contributed by atoms with E-state index in [1.807, 2.05) is 18.3 Å². The first-order chi connectivity index (χ1) is 12.7. The highest BCUT2D eigenvalue weighted by Crippen LogP contribution is 2.28. The van der Waals surface area contributed by atoms with Gasteiger partial charge in [0.25, 0.3) is 0 Å². The molecule has 0 radical (unpaired) electrons. The molecular formula is C21H18N4O. The number of pyridine rings is 2. The fraction of sp³-hybridized carbons (Fsp3) is 0.0952. The minimum atomic E-state index is 0.000596. The lowest BCUT2D eigenvalue weighted by Gasteiger charge is -2.10. The lowest BCUT2D eigenvalue weighted by atomic mass is 10.0. The summed E-state index contributed by atoms with van der Waals surface area (Å²) in [5.74, 6) is 0.613. The summed E-state index contributed by atoms with van der Waals surface area (Å²) in [7, 11) is 0. The fourth-order valence-electron chi connectivity index (χ4n) is 3.06. The Morgan fingerprint density at radius 1 is 1.08 bits per heavy atom. The summed E-state index contributed by atoms with van der Waals surface area (Å²) in [6, 6.07) is 15.9. The number of H-pyrrole nitrogens is 1. The molecule has 1 aromatic carbocycles. The number of Topliss-reactive ketones (excluding diaryl/α,β-unsaturated/α-hetero) is 1. The van der Waals surface area contributed by atoms with Crippen LogP contribution in [0.15, 0.2) is 67.1 Å². The van der Waals surface area contributed by atoms with Crippen LogP contribution in [-0.2, 0) is 6.54 Å². The normalized spacial score (nSPS) is 10.8. The SMILES string of the molecule is CC(=O)c1cccnc1NCc1cccc(-c2c[nH]c3ncccc23)c1. The van der Waals surface area contributed by atoms with E-state index in [0.717, 1.165) is 27.7 Å². The van der Waals surface area contributed by atoms with Crippen LogP contribution < -0.4 is 5.32 Å². The molecule has 0 unspecified atom stereocenters. The first-order valence-electron chi connectivity index (χ1n) is 8.43. The van der Waals surface area contributed by atoms with E-state index in [1.165, 1.54) is 0 Å². The summed E-state index contributed by atoms with van der Waals surface area (Å²) in [5, 5.41) is 4.37. The number of nitrogens with one attached hydrogen (secondary N) is 2. The van der Waals surface area contributed by atoms with E-state index in [-0.39, 0.29) is 5.78 Å². The average molecular weight is 342 g/mol. The van der Waals surface area contributed by atoms with Crippen LogP contribution >= 0.6 is 0 Å². The third-order valence-corrected chi connectivity index (χ3v) is 4.34. The number of benzene rings is 1. The van der Waals surface area contributed by atoms with E-state index in [1.54, 1.807) is 31.5 Å². The third kappa shape index (κ3) is 3.07.